The molecule has 9 heteroatoms. The van der Waals surface area contributed by atoms with Gasteiger partial charge in [0.15, 0.2) is 11.5 Å². The number of amides is 1. The van der Waals surface area contributed by atoms with Crippen LogP contribution in [-0.4, -0.2) is 59.3 Å². The molecule has 0 bridgehead atoms. The summed E-state index contributed by atoms with van der Waals surface area (Å²) in [5.74, 6) is 1.97. The van der Waals surface area contributed by atoms with E-state index in [2.05, 4.69) is 0 Å². The molecule has 2 aromatic rings. The first-order valence-electron chi connectivity index (χ1n) is 12.5. The lowest BCUT2D eigenvalue weighted by Gasteiger charge is -2.37. The zero-order valence-corrected chi connectivity index (χ0v) is 21.7. The van der Waals surface area contributed by atoms with E-state index in [1.807, 2.05) is 69.5 Å². The molecule has 3 rings (SSSR count). The van der Waals surface area contributed by atoms with E-state index in [-0.39, 0.29) is 35.7 Å². The zero-order valence-electron chi connectivity index (χ0n) is 21.7. The van der Waals surface area contributed by atoms with E-state index in [0.29, 0.717) is 56.7 Å². The predicted octanol–water partition coefficient (Wildman–Crippen LogP) is 2.86. The molecular formula is C26H38N4O5. The van der Waals surface area contributed by atoms with Gasteiger partial charge in [0.25, 0.3) is 5.56 Å². The van der Waals surface area contributed by atoms with Gasteiger partial charge < -0.3 is 19.3 Å². The number of carbonyl (C=O) groups excluding carboxylic acids is 1. The SMILES string of the molecule is CCOc1ccc(CC(=O)N2CCN(c3cc(=O)n(C(C)C)c(=O)n3C(C)C)CC2)cc1OCC. The van der Waals surface area contributed by atoms with E-state index in [1.54, 1.807) is 10.6 Å². The van der Waals surface area contributed by atoms with Gasteiger partial charge in [-0.1, -0.05) is 6.07 Å². The largest absolute Gasteiger partial charge is 0.490 e. The van der Waals surface area contributed by atoms with E-state index in [1.165, 1.54) is 4.57 Å². The Morgan fingerprint density at radius 3 is 2.03 bits per heavy atom. The highest BCUT2D eigenvalue weighted by Crippen LogP contribution is 2.29. The minimum Gasteiger partial charge on any atom is -0.490 e. The molecule has 1 aliphatic heterocycles. The van der Waals surface area contributed by atoms with Gasteiger partial charge in [0.05, 0.1) is 19.6 Å². The summed E-state index contributed by atoms with van der Waals surface area (Å²) in [5, 5.41) is 0. The van der Waals surface area contributed by atoms with Gasteiger partial charge in [-0.05, 0) is 59.2 Å². The van der Waals surface area contributed by atoms with Gasteiger partial charge in [0.2, 0.25) is 5.91 Å². The predicted molar refractivity (Wildman–Crippen MR) is 137 cm³/mol. The molecule has 0 atom stereocenters. The average molecular weight is 487 g/mol. The van der Waals surface area contributed by atoms with Crippen LogP contribution >= 0.6 is 0 Å². The maximum absolute atomic E-state index is 13.1. The van der Waals surface area contributed by atoms with Crippen molar-refractivity contribution in [3.63, 3.8) is 0 Å². The monoisotopic (exact) mass is 486 g/mol. The third-order valence-electron chi connectivity index (χ3n) is 6.10. The van der Waals surface area contributed by atoms with Crippen LogP contribution in [0.1, 0.15) is 59.2 Å². The second-order valence-electron chi connectivity index (χ2n) is 9.24. The molecule has 1 saturated heterocycles. The van der Waals surface area contributed by atoms with Crippen LogP contribution < -0.4 is 25.6 Å². The highest BCUT2D eigenvalue weighted by Gasteiger charge is 2.26. The summed E-state index contributed by atoms with van der Waals surface area (Å²) in [6, 6.07) is 6.85. The molecule has 1 fully saturated rings. The number of nitrogens with zero attached hydrogens (tertiary/aromatic N) is 4. The molecule has 0 radical (unpaired) electrons. The van der Waals surface area contributed by atoms with Gasteiger partial charge in [0.1, 0.15) is 5.82 Å². The van der Waals surface area contributed by atoms with Crippen molar-refractivity contribution in [2.24, 2.45) is 0 Å². The van der Waals surface area contributed by atoms with Crippen molar-refractivity contribution < 1.29 is 14.3 Å². The molecule has 9 nitrogen and oxygen atoms in total. The molecule has 0 N–H and O–H groups in total. The lowest BCUT2D eigenvalue weighted by Crippen LogP contribution is -2.52. The van der Waals surface area contributed by atoms with Gasteiger partial charge >= 0.3 is 5.69 Å². The fourth-order valence-electron chi connectivity index (χ4n) is 4.44. The fourth-order valence-corrected chi connectivity index (χ4v) is 4.44. The van der Waals surface area contributed by atoms with Crippen LogP contribution in [0.25, 0.3) is 0 Å². The Balaban J connectivity index is 1.73. The Kier molecular flexibility index (Phi) is 8.64. The number of piperazine rings is 1. The molecule has 192 valence electrons. The minimum atomic E-state index is -0.295. The Labute approximate surface area is 206 Å². The molecular weight excluding hydrogens is 448 g/mol. The molecule has 2 heterocycles. The van der Waals surface area contributed by atoms with Gasteiger partial charge in [-0.15, -0.1) is 0 Å². The highest BCUT2D eigenvalue weighted by molar-refractivity contribution is 5.79. The Morgan fingerprint density at radius 1 is 0.857 bits per heavy atom. The zero-order chi connectivity index (χ0) is 25.7. The van der Waals surface area contributed by atoms with Crippen molar-refractivity contribution in [3.8, 4) is 11.5 Å². The number of benzene rings is 1. The van der Waals surface area contributed by atoms with E-state index >= 15 is 0 Å². The van der Waals surface area contributed by atoms with Crippen LogP contribution in [0.2, 0.25) is 0 Å². The summed E-state index contributed by atoms with van der Waals surface area (Å²) in [7, 11) is 0. The summed E-state index contributed by atoms with van der Waals surface area (Å²) in [5.41, 5.74) is 0.280. The standard InChI is InChI=1S/C26H38N4O5/c1-7-34-21-10-9-20(15-22(21)35-8-2)16-24(31)28-13-11-27(12-14-28)23-17-25(32)30(19(5)6)26(33)29(23)18(3)4/h9-10,15,17-19H,7-8,11-14,16H2,1-6H3. The van der Waals surface area contributed by atoms with Crippen molar-refractivity contribution >= 4 is 11.7 Å². The van der Waals surface area contributed by atoms with Crippen molar-refractivity contribution in [1.29, 1.82) is 0 Å². The Bertz CT molecular complexity index is 1140. The van der Waals surface area contributed by atoms with Crippen molar-refractivity contribution in [3.05, 3.63) is 50.7 Å². The van der Waals surface area contributed by atoms with Gasteiger partial charge in [0, 0.05) is 44.3 Å². The Hall–Kier alpha value is -3.23. The molecule has 1 aromatic heterocycles. The van der Waals surface area contributed by atoms with Crippen LogP contribution in [0.5, 0.6) is 11.5 Å². The van der Waals surface area contributed by atoms with E-state index < -0.39 is 0 Å². The van der Waals surface area contributed by atoms with Crippen LogP contribution in [0.4, 0.5) is 5.82 Å². The lowest BCUT2D eigenvalue weighted by atomic mass is 10.1. The molecule has 35 heavy (non-hydrogen) atoms. The number of carbonyl (C=O) groups is 1. The van der Waals surface area contributed by atoms with Crippen molar-refractivity contribution in [2.45, 2.75) is 60.0 Å². The summed E-state index contributed by atoms with van der Waals surface area (Å²) >= 11 is 0. The molecule has 0 saturated carbocycles. The molecule has 1 aliphatic rings. The maximum Gasteiger partial charge on any atom is 0.333 e. The fraction of sp³-hybridized carbons (Fsp3) is 0.577. The first kappa shape index (κ1) is 26.4. The number of hydrogen-bond acceptors (Lipinski definition) is 6. The summed E-state index contributed by atoms with van der Waals surface area (Å²) in [4.78, 5) is 42.6. The molecule has 0 unspecified atom stereocenters. The van der Waals surface area contributed by atoms with Crippen LogP contribution in [0.3, 0.4) is 0 Å². The van der Waals surface area contributed by atoms with Crippen LogP contribution in [0.15, 0.2) is 33.9 Å². The quantitative estimate of drug-likeness (QED) is 0.542. The first-order valence-corrected chi connectivity index (χ1v) is 12.5. The van der Waals surface area contributed by atoms with Gasteiger partial charge in [-0.2, -0.15) is 0 Å². The molecule has 0 spiro atoms. The highest BCUT2D eigenvalue weighted by atomic mass is 16.5. The summed E-state index contributed by atoms with van der Waals surface area (Å²) in [6.07, 6.45) is 0.271. The number of aromatic nitrogens is 2. The third kappa shape index (κ3) is 5.89. The Morgan fingerprint density at radius 2 is 1.46 bits per heavy atom. The van der Waals surface area contributed by atoms with Crippen LogP contribution in [-0.2, 0) is 11.2 Å². The maximum atomic E-state index is 13.1. The van der Waals surface area contributed by atoms with Gasteiger partial charge in [-0.25, -0.2) is 4.79 Å². The number of ether oxygens (including phenoxy) is 2. The van der Waals surface area contributed by atoms with E-state index in [9.17, 15) is 14.4 Å². The second kappa shape index (κ2) is 11.5. The normalized spacial score (nSPS) is 14.1. The molecule has 0 aliphatic carbocycles. The molecule has 1 amide bonds. The average Bonchev–Trinajstić information content (AvgIpc) is 2.80. The topological polar surface area (TPSA) is 86.0 Å². The second-order valence-corrected chi connectivity index (χ2v) is 9.24. The summed E-state index contributed by atoms with van der Waals surface area (Å²) < 4.78 is 14.3. The minimum absolute atomic E-state index is 0.0349. The first-order chi connectivity index (χ1) is 16.7. The number of anilines is 1. The van der Waals surface area contributed by atoms with Crippen molar-refractivity contribution in [1.82, 2.24) is 14.0 Å². The lowest BCUT2D eigenvalue weighted by molar-refractivity contribution is -0.130. The van der Waals surface area contributed by atoms with E-state index in [4.69, 9.17) is 9.47 Å². The smallest absolute Gasteiger partial charge is 0.333 e. The van der Waals surface area contributed by atoms with Gasteiger partial charge in [-0.3, -0.25) is 18.7 Å². The summed E-state index contributed by atoms with van der Waals surface area (Å²) in [6.45, 7) is 14.6. The number of rotatable bonds is 9. The number of hydrogen-bond donors (Lipinski definition) is 0. The molecule has 1 aromatic carbocycles. The van der Waals surface area contributed by atoms with E-state index in [0.717, 1.165) is 5.56 Å². The third-order valence-corrected chi connectivity index (χ3v) is 6.10. The van der Waals surface area contributed by atoms with Crippen molar-refractivity contribution in [2.75, 3.05) is 44.3 Å². The van der Waals surface area contributed by atoms with Crippen LogP contribution in [0, 0.1) is 0 Å².